The normalized spacial score (nSPS) is 27.1. The third kappa shape index (κ3) is 5.70. The van der Waals surface area contributed by atoms with Gasteiger partial charge in [0.15, 0.2) is 0 Å². The fourth-order valence-electron chi connectivity index (χ4n) is 2.87. The summed E-state index contributed by atoms with van der Waals surface area (Å²) in [6.45, 7) is 4.44. The van der Waals surface area contributed by atoms with Crippen LogP contribution in [0.1, 0.15) is 65.2 Å². The minimum atomic E-state index is -2.86. The van der Waals surface area contributed by atoms with Crippen molar-refractivity contribution in [3.8, 4) is 0 Å². The molecule has 0 aromatic rings. The first-order valence-corrected chi connectivity index (χ1v) is 9.33. The van der Waals surface area contributed by atoms with Crippen LogP contribution in [-0.2, 0) is 9.84 Å². The van der Waals surface area contributed by atoms with Gasteiger partial charge in [-0.15, -0.1) is 0 Å². The second kappa shape index (κ2) is 7.49. The first kappa shape index (κ1) is 16.0. The average Bonchev–Trinajstić information content (AvgIpc) is 2.28. The topological polar surface area (TPSA) is 46.2 Å². The Morgan fingerprint density at radius 2 is 2.00 bits per heavy atom. The summed E-state index contributed by atoms with van der Waals surface area (Å²) in [6, 6.07) is 0.912. The molecule has 3 nitrogen and oxygen atoms in total. The first-order valence-electron chi connectivity index (χ1n) is 7.38. The Labute approximate surface area is 113 Å². The van der Waals surface area contributed by atoms with Crippen molar-refractivity contribution in [3.63, 3.8) is 0 Å². The van der Waals surface area contributed by atoms with E-state index in [4.69, 9.17) is 0 Å². The number of hydrogen-bond donors (Lipinski definition) is 1. The summed E-state index contributed by atoms with van der Waals surface area (Å²) in [5.74, 6) is 0. The largest absolute Gasteiger partial charge is 0.311 e. The summed E-state index contributed by atoms with van der Waals surface area (Å²) in [5, 5.41) is 3.50. The van der Waals surface area contributed by atoms with Crippen molar-refractivity contribution in [2.45, 2.75) is 82.5 Å². The number of rotatable bonds is 7. The molecule has 0 spiro atoms. The van der Waals surface area contributed by atoms with Crippen LogP contribution < -0.4 is 5.32 Å². The number of hydrogen-bond acceptors (Lipinski definition) is 3. The van der Waals surface area contributed by atoms with Gasteiger partial charge < -0.3 is 5.32 Å². The smallest absolute Gasteiger partial charge is 0.150 e. The molecule has 1 saturated carbocycles. The van der Waals surface area contributed by atoms with Crippen molar-refractivity contribution in [2.24, 2.45) is 0 Å². The Balaban J connectivity index is 2.33. The van der Waals surface area contributed by atoms with E-state index in [9.17, 15) is 8.42 Å². The van der Waals surface area contributed by atoms with Gasteiger partial charge in [0.2, 0.25) is 0 Å². The van der Waals surface area contributed by atoms with Gasteiger partial charge in [-0.2, -0.15) is 0 Å². The summed E-state index contributed by atoms with van der Waals surface area (Å²) in [5.41, 5.74) is 0. The van der Waals surface area contributed by atoms with Crippen LogP contribution in [-0.4, -0.2) is 32.0 Å². The highest BCUT2D eigenvalue weighted by molar-refractivity contribution is 7.91. The Morgan fingerprint density at radius 3 is 2.61 bits per heavy atom. The highest BCUT2D eigenvalue weighted by atomic mass is 32.2. The van der Waals surface area contributed by atoms with Gasteiger partial charge in [-0.05, 0) is 32.6 Å². The molecular formula is C14H29NO2S. The van der Waals surface area contributed by atoms with Crippen molar-refractivity contribution in [3.05, 3.63) is 0 Å². The molecule has 0 aromatic heterocycles. The molecule has 1 aliphatic carbocycles. The minimum Gasteiger partial charge on any atom is -0.311 e. The maximum atomic E-state index is 11.6. The monoisotopic (exact) mass is 275 g/mol. The molecule has 3 unspecified atom stereocenters. The SMILES string of the molecule is CCCCCC(C)NC1CCCC(S(C)(=O)=O)C1. The number of unbranched alkanes of at least 4 members (excludes halogenated alkanes) is 2. The summed E-state index contributed by atoms with van der Waals surface area (Å²) < 4.78 is 23.2. The highest BCUT2D eigenvalue weighted by Crippen LogP contribution is 2.24. The lowest BCUT2D eigenvalue weighted by molar-refractivity contribution is 0.333. The Hall–Kier alpha value is -0.0900. The van der Waals surface area contributed by atoms with Crippen LogP contribution in [0.3, 0.4) is 0 Å². The van der Waals surface area contributed by atoms with Gasteiger partial charge in [0, 0.05) is 18.3 Å². The van der Waals surface area contributed by atoms with Crippen LogP contribution in [0.2, 0.25) is 0 Å². The number of sulfone groups is 1. The maximum absolute atomic E-state index is 11.6. The van der Waals surface area contributed by atoms with Crippen molar-refractivity contribution >= 4 is 9.84 Å². The molecule has 18 heavy (non-hydrogen) atoms. The molecule has 0 aliphatic heterocycles. The summed E-state index contributed by atoms with van der Waals surface area (Å²) >= 11 is 0. The third-order valence-corrected chi connectivity index (χ3v) is 5.63. The standard InChI is InChI=1S/C14H29NO2S/c1-4-5-6-8-12(2)15-13-9-7-10-14(11-13)18(3,16)17/h12-15H,4-11H2,1-3H3. The predicted molar refractivity (Wildman–Crippen MR) is 77.6 cm³/mol. The molecule has 1 fully saturated rings. The van der Waals surface area contributed by atoms with Gasteiger partial charge >= 0.3 is 0 Å². The lowest BCUT2D eigenvalue weighted by Crippen LogP contribution is -2.42. The Bertz CT molecular complexity index is 327. The van der Waals surface area contributed by atoms with Crippen LogP contribution in [0.15, 0.2) is 0 Å². The average molecular weight is 275 g/mol. The predicted octanol–water partition coefficient (Wildman–Crippen LogP) is 2.90. The van der Waals surface area contributed by atoms with E-state index in [0.717, 1.165) is 25.7 Å². The van der Waals surface area contributed by atoms with Crippen LogP contribution >= 0.6 is 0 Å². The zero-order valence-corrected chi connectivity index (χ0v) is 12.9. The highest BCUT2D eigenvalue weighted by Gasteiger charge is 2.29. The lowest BCUT2D eigenvalue weighted by atomic mass is 9.94. The van der Waals surface area contributed by atoms with E-state index in [1.54, 1.807) is 0 Å². The van der Waals surface area contributed by atoms with Crippen molar-refractivity contribution in [2.75, 3.05) is 6.26 Å². The summed E-state index contributed by atoms with van der Waals surface area (Å²) in [4.78, 5) is 0. The molecule has 0 bridgehead atoms. The van der Waals surface area contributed by atoms with Gasteiger partial charge in [0.25, 0.3) is 0 Å². The van der Waals surface area contributed by atoms with Gasteiger partial charge in [0.05, 0.1) is 5.25 Å². The lowest BCUT2D eigenvalue weighted by Gasteiger charge is -2.31. The van der Waals surface area contributed by atoms with Gasteiger partial charge in [-0.3, -0.25) is 0 Å². The maximum Gasteiger partial charge on any atom is 0.150 e. The van der Waals surface area contributed by atoms with Crippen LogP contribution in [0.4, 0.5) is 0 Å². The third-order valence-electron chi connectivity index (χ3n) is 3.99. The molecule has 108 valence electrons. The molecule has 1 N–H and O–H groups in total. The fraction of sp³-hybridized carbons (Fsp3) is 1.00. The second-order valence-corrected chi connectivity index (χ2v) is 8.20. The molecule has 1 rings (SSSR count). The zero-order chi connectivity index (χ0) is 13.6. The van der Waals surface area contributed by atoms with Crippen LogP contribution in [0, 0.1) is 0 Å². The van der Waals surface area contributed by atoms with Gasteiger partial charge in [0.1, 0.15) is 9.84 Å². The van der Waals surface area contributed by atoms with Crippen molar-refractivity contribution < 1.29 is 8.42 Å². The quantitative estimate of drug-likeness (QED) is 0.727. The molecule has 0 radical (unpaired) electrons. The van der Waals surface area contributed by atoms with E-state index in [1.165, 1.54) is 31.9 Å². The van der Waals surface area contributed by atoms with Crippen molar-refractivity contribution in [1.82, 2.24) is 5.32 Å². The fourth-order valence-corrected chi connectivity index (χ4v) is 4.05. The second-order valence-electron chi connectivity index (χ2n) is 5.88. The molecule has 0 amide bonds. The van der Waals surface area contributed by atoms with Crippen LogP contribution in [0.5, 0.6) is 0 Å². The van der Waals surface area contributed by atoms with E-state index < -0.39 is 9.84 Å². The molecule has 0 heterocycles. The summed E-state index contributed by atoms with van der Waals surface area (Å²) in [6.07, 6.45) is 10.2. The molecular weight excluding hydrogens is 246 g/mol. The zero-order valence-electron chi connectivity index (χ0n) is 12.1. The molecule has 0 aromatic carbocycles. The van der Waals surface area contributed by atoms with E-state index in [-0.39, 0.29) is 5.25 Å². The van der Waals surface area contributed by atoms with E-state index >= 15 is 0 Å². The molecule has 0 saturated heterocycles. The van der Waals surface area contributed by atoms with Crippen molar-refractivity contribution in [1.29, 1.82) is 0 Å². The van der Waals surface area contributed by atoms with E-state index in [1.807, 2.05) is 0 Å². The van der Waals surface area contributed by atoms with Gasteiger partial charge in [-0.1, -0.05) is 32.6 Å². The Kier molecular flexibility index (Phi) is 6.64. The summed E-state index contributed by atoms with van der Waals surface area (Å²) in [7, 11) is -2.86. The number of nitrogens with one attached hydrogen (secondary N) is 1. The first-order chi connectivity index (χ1) is 8.43. The molecule has 1 aliphatic rings. The molecule has 4 heteroatoms. The molecule has 3 atom stereocenters. The van der Waals surface area contributed by atoms with E-state index in [2.05, 4.69) is 19.2 Å². The van der Waals surface area contributed by atoms with Gasteiger partial charge in [-0.25, -0.2) is 8.42 Å². The van der Waals surface area contributed by atoms with E-state index in [0.29, 0.717) is 12.1 Å². The minimum absolute atomic E-state index is 0.119. The van der Waals surface area contributed by atoms with Crippen LogP contribution in [0.25, 0.3) is 0 Å². The Morgan fingerprint density at radius 1 is 1.28 bits per heavy atom.